The number of fused-ring (bicyclic) bond motifs is 1. The number of nitrogens with zero attached hydrogens (tertiary/aromatic N) is 1. The van der Waals surface area contributed by atoms with E-state index in [1.165, 1.54) is 18.2 Å². The third-order valence-electron chi connectivity index (χ3n) is 5.46. The van der Waals surface area contributed by atoms with Crippen LogP contribution < -0.4 is 15.6 Å². The van der Waals surface area contributed by atoms with Crippen molar-refractivity contribution < 1.29 is 9.53 Å². The number of H-pyrrole nitrogens is 1. The third kappa shape index (κ3) is 3.85. The zero-order valence-electron chi connectivity index (χ0n) is 16.2. The van der Waals surface area contributed by atoms with Gasteiger partial charge in [0.1, 0.15) is 11.6 Å². The van der Waals surface area contributed by atoms with Crippen LogP contribution in [0.3, 0.4) is 0 Å². The molecule has 150 valence electrons. The molecule has 2 heterocycles. The normalized spacial score (nSPS) is 20.3. The smallest absolute Gasteiger partial charge is 0.270 e. The molecule has 0 spiro atoms. The van der Waals surface area contributed by atoms with E-state index in [9.17, 15) is 9.59 Å². The van der Waals surface area contributed by atoms with E-state index >= 15 is 0 Å². The summed E-state index contributed by atoms with van der Waals surface area (Å²) in [7, 11) is 0. The van der Waals surface area contributed by atoms with Crippen LogP contribution in [0.15, 0.2) is 29.1 Å². The molecule has 7 heteroatoms. The van der Waals surface area contributed by atoms with Gasteiger partial charge in [-0.05, 0) is 37.0 Å². The molecule has 0 saturated heterocycles. The lowest BCUT2D eigenvalue weighted by Crippen LogP contribution is -2.21. The van der Waals surface area contributed by atoms with Crippen molar-refractivity contribution >= 4 is 23.5 Å². The van der Waals surface area contributed by atoms with Gasteiger partial charge in [0.25, 0.3) is 5.56 Å². The van der Waals surface area contributed by atoms with Crippen molar-refractivity contribution in [3.8, 4) is 5.75 Å². The van der Waals surface area contributed by atoms with E-state index in [2.05, 4.69) is 17.3 Å². The molecule has 1 aliphatic heterocycles. The molecule has 1 fully saturated rings. The van der Waals surface area contributed by atoms with Gasteiger partial charge in [-0.2, -0.15) is 0 Å². The lowest BCUT2D eigenvalue weighted by atomic mass is 9.95. The minimum Gasteiger partial charge on any atom is -0.494 e. The summed E-state index contributed by atoms with van der Waals surface area (Å²) in [6, 6.07) is 8.13. The molecule has 1 aliphatic carbocycles. The van der Waals surface area contributed by atoms with Gasteiger partial charge in [-0.15, -0.1) is 11.8 Å². The van der Waals surface area contributed by atoms with Crippen LogP contribution in [0.4, 0.5) is 5.82 Å². The maximum atomic E-state index is 12.9. The molecule has 2 aromatic rings. The largest absolute Gasteiger partial charge is 0.494 e. The van der Waals surface area contributed by atoms with Crippen molar-refractivity contribution in [1.82, 2.24) is 9.78 Å². The molecule has 0 bridgehead atoms. The first kappa shape index (κ1) is 19.2. The SMILES string of the molecule is CCCOc1ccc([C@@H]2SCC(=O)Nc3c2c(=O)[nH]n3C2CCCCC2)cc1. The average molecular weight is 402 g/mol. The lowest BCUT2D eigenvalue weighted by molar-refractivity contribution is -0.113. The second-order valence-electron chi connectivity index (χ2n) is 7.52. The molecule has 1 saturated carbocycles. The molecule has 28 heavy (non-hydrogen) atoms. The number of carbonyl (C=O) groups excluding carboxylic acids is 1. The van der Waals surface area contributed by atoms with Gasteiger partial charge in [0.15, 0.2) is 0 Å². The minimum absolute atomic E-state index is 0.0554. The molecule has 1 amide bonds. The number of hydrogen-bond donors (Lipinski definition) is 2. The monoisotopic (exact) mass is 401 g/mol. The maximum absolute atomic E-state index is 12.9. The molecule has 1 atom stereocenters. The fourth-order valence-electron chi connectivity index (χ4n) is 4.08. The predicted octanol–water partition coefficient (Wildman–Crippen LogP) is 4.25. The Labute approximate surface area is 169 Å². The van der Waals surface area contributed by atoms with Crippen LogP contribution >= 0.6 is 11.8 Å². The number of rotatable bonds is 5. The second-order valence-corrected chi connectivity index (χ2v) is 8.62. The highest BCUT2D eigenvalue weighted by molar-refractivity contribution is 8.00. The Morgan fingerprint density at radius 3 is 2.61 bits per heavy atom. The van der Waals surface area contributed by atoms with E-state index in [0.717, 1.165) is 43.4 Å². The van der Waals surface area contributed by atoms with E-state index in [1.807, 2.05) is 28.9 Å². The first-order valence-electron chi connectivity index (χ1n) is 10.2. The van der Waals surface area contributed by atoms with Crippen molar-refractivity contribution in [3.05, 3.63) is 45.7 Å². The molecule has 1 aromatic carbocycles. The minimum atomic E-state index is -0.178. The van der Waals surface area contributed by atoms with E-state index in [0.29, 0.717) is 23.7 Å². The molecular formula is C21H27N3O3S. The fourth-order valence-corrected chi connectivity index (χ4v) is 5.20. The quantitative estimate of drug-likeness (QED) is 0.785. The molecule has 4 rings (SSSR count). The standard InChI is InChI=1S/C21H27N3O3S/c1-2-12-27-16-10-8-14(9-11-16)19-18-20(22-17(25)13-28-19)24(23-21(18)26)15-6-4-3-5-7-15/h8-11,15,19H,2-7,12-13H2,1H3,(H,22,25)(H,23,26)/t19-/m0/s1. The first-order chi connectivity index (χ1) is 13.7. The maximum Gasteiger partial charge on any atom is 0.270 e. The van der Waals surface area contributed by atoms with Crippen LogP contribution in [-0.4, -0.2) is 28.0 Å². The van der Waals surface area contributed by atoms with Gasteiger partial charge in [-0.3, -0.25) is 19.4 Å². The van der Waals surface area contributed by atoms with Crippen molar-refractivity contribution in [1.29, 1.82) is 0 Å². The summed E-state index contributed by atoms with van der Waals surface area (Å²) in [6.45, 7) is 2.76. The second kappa shape index (κ2) is 8.47. The number of aromatic amines is 1. The van der Waals surface area contributed by atoms with Gasteiger partial charge in [-0.1, -0.05) is 38.3 Å². The zero-order chi connectivity index (χ0) is 19.5. The number of hydrogen-bond acceptors (Lipinski definition) is 4. The van der Waals surface area contributed by atoms with Crippen LogP contribution in [0.2, 0.25) is 0 Å². The van der Waals surface area contributed by atoms with E-state index in [-0.39, 0.29) is 22.8 Å². The van der Waals surface area contributed by atoms with Crippen LogP contribution in [0.25, 0.3) is 0 Å². The van der Waals surface area contributed by atoms with Gasteiger partial charge < -0.3 is 10.1 Å². The lowest BCUT2D eigenvalue weighted by Gasteiger charge is -2.24. The Bertz CT molecular complexity index is 881. The van der Waals surface area contributed by atoms with Crippen LogP contribution in [0, 0.1) is 0 Å². The van der Waals surface area contributed by atoms with Gasteiger partial charge >= 0.3 is 0 Å². The summed E-state index contributed by atoms with van der Waals surface area (Å²) in [6.07, 6.45) is 6.58. The average Bonchev–Trinajstić information content (AvgIpc) is 2.93. The Morgan fingerprint density at radius 1 is 1.14 bits per heavy atom. The number of benzene rings is 1. The summed E-state index contributed by atoms with van der Waals surface area (Å²) in [5, 5.41) is 5.84. The van der Waals surface area contributed by atoms with Crippen molar-refractivity contribution in [2.75, 3.05) is 17.7 Å². The molecule has 2 aliphatic rings. The summed E-state index contributed by atoms with van der Waals surface area (Å²) < 4.78 is 7.59. The molecule has 2 N–H and O–H groups in total. The van der Waals surface area contributed by atoms with E-state index in [4.69, 9.17) is 4.74 Å². The van der Waals surface area contributed by atoms with Crippen molar-refractivity contribution in [2.45, 2.75) is 56.7 Å². The number of carbonyl (C=O) groups is 1. The highest BCUT2D eigenvalue weighted by Gasteiger charge is 2.32. The number of ether oxygens (including phenoxy) is 1. The summed E-state index contributed by atoms with van der Waals surface area (Å²) in [4.78, 5) is 25.3. The molecule has 0 radical (unpaired) electrons. The van der Waals surface area contributed by atoms with Crippen molar-refractivity contribution in [2.24, 2.45) is 0 Å². The number of thioether (sulfide) groups is 1. The fraction of sp³-hybridized carbons (Fsp3) is 0.524. The summed E-state index contributed by atoms with van der Waals surface area (Å²) >= 11 is 1.50. The van der Waals surface area contributed by atoms with Gasteiger partial charge in [0, 0.05) is 0 Å². The number of amides is 1. The van der Waals surface area contributed by atoms with E-state index in [1.54, 1.807) is 0 Å². The first-order valence-corrected chi connectivity index (χ1v) is 11.2. The molecular weight excluding hydrogens is 374 g/mol. The highest BCUT2D eigenvalue weighted by Crippen LogP contribution is 2.42. The molecule has 0 unspecified atom stereocenters. The van der Waals surface area contributed by atoms with Crippen molar-refractivity contribution in [3.63, 3.8) is 0 Å². The van der Waals surface area contributed by atoms with Crippen LogP contribution in [0.1, 0.15) is 67.9 Å². The predicted molar refractivity (Wildman–Crippen MR) is 112 cm³/mol. The number of anilines is 1. The Balaban J connectivity index is 1.70. The molecule has 1 aromatic heterocycles. The van der Waals surface area contributed by atoms with Gasteiger partial charge in [-0.25, -0.2) is 0 Å². The number of aromatic nitrogens is 2. The summed E-state index contributed by atoms with van der Waals surface area (Å²) in [5.41, 5.74) is 1.56. The highest BCUT2D eigenvalue weighted by atomic mass is 32.2. The zero-order valence-corrected chi connectivity index (χ0v) is 17.0. The Hall–Kier alpha value is -2.15. The topological polar surface area (TPSA) is 76.1 Å². The Kier molecular flexibility index (Phi) is 5.80. The van der Waals surface area contributed by atoms with E-state index < -0.39 is 0 Å². The molecule has 6 nitrogen and oxygen atoms in total. The number of nitrogens with one attached hydrogen (secondary N) is 2. The third-order valence-corrected chi connectivity index (χ3v) is 6.73. The van der Waals surface area contributed by atoms with Crippen LogP contribution in [-0.2, 0) is 4.79 Å². The Morgan fingerprint density at radius 2 is 1.89 bits per heavy atom. The summed E-state index contributed by atoms with van der Waals surface area (Å²) in [5.74, 6) is 1.76. The van der Waals surface area contributed by atoms with Crippen LogP contribution in [0.5, 0.6) is 5.75 Å². The van der Waals surface area contributed by atoms with Gasteiger partial charge in [0.05, 0.1) is 29.2 Å². The van der Waals surface area contributed by atoms with Gasteiger partial charge in [0.2, 0.25) is 5.91 Å².